The fraction of sp³-hybridized carbons (Fsp3) is 0.529. The Hall–Kier alpha value is -1.89. The van der Waals surface area contributed by atoms with E-state index >= 15 is 0 Å². The van der Waals surface area contributed by atoms with Crippen molar-refractivity contribution in [3.8, 4) is 0 Å². The van der Waals surface area contributed by atoms with Gasteiger partial charge in [0.05, 0.1) is 5.69 Å². The number of piperidine rings is 1. The highest BCUT2D eigenvalue weighted by molar-refractivity contribution is 7.98. The lowest BCUT2D eigenvalue weighted by Crippen LogP contribution is -2.44. The summed E-state index contributed by atoms with van der Waals surface area (Å²) in [5.74, 6) is 4.28. The monoisotopic (exact) mass is 342 g/mol. The van der Waals surface area contributed by atoms with Gasteiger partial charge in [0.15, 0.2) is 5.82 Å². The molecule has 2 aromatic rings. The lowest BCUT2D eigenvalue weighted by Gasteiger charge is -2.37. The van der Waals surface area contributed by atoms with Gasteiger partial charge in [-0.1, -0.05) is 0 Å². The first-order valence-corrected chi connectivity index (χ1v) is 9.64. The van der Waals surface area contributed by atoms with Gasteiger partial charge in [-0.2, -0.15) is 16.9 Å². The zero-order valence-electron chi connectivity index (χ0n) is 13.9. The summed E-state index contributed by atoms with van der Waals surface area (Å²) < 4.78 is 0. The third-order valence-corrected chi connectivity index (χ3v) is 5.96. The number of anilines is 2. The number of fused-ring (bicyclic) bond motifs is 1. The highest BCUT2D eigenvalue weighted by Crippen LogP contribution is 2.27. The van der Waals surface area contributed by atoms with Gasteiger partial charge in [-0.05, 0) is 36.3 Å². The van der Waals surface area contributed by atoms with Gasteiger partial charge in [-0.3, -0.25) is 0 Å². The molecule has 2 aliphatic heterocycles. The van der Waals surface area contributed by atoms with Crippen LogP contribution in [0, 0.1) is 0 Å². The van der Waals surface area contributed by atoms with E-state index in [2.05, 4.69) is 43.1 Å². The molecule has 2 aromatic heterocycles. The van der Waals surface area contributed by atoms with Gasteiger partial charge < -0.3 is 9.80 Å². The summed E-state index contributed by atoms with van der Waals surface area (Å²) in [5, 5.41) is 8.94. The number of aryl methyl sites for hydroxylation is 1. The number of aromatic nitrogens is 4. The Balaban J connectivity index is 1.41. The molecule has 1 fully saturated rings. The van der Waals surface area contributed by atoms with Crippen LogP contribution in [0.4, 0.5) is 11.6 Å². The third-order valence-electron chi connectivity index (χ3n) is 4.95. The first kappa shape index (κ1) is 15.6. The first-order valence-electron chi connectivity index (χ1n) is 8.48. The van der Waals surface area contributed by atoms with E-state index in [9.17, 15) is 0 Å². The van der Waals surface area contributed by atoms with Gasteiger partial charge in [0.2, 0.25) is 0 Å². The second kappa shape index (κ2) is 6.93. The summed E-state index contributed by atoms with van der Waals surface area (Å²) in [6.45, 7) is 2.03. The van der Waals surface area contributed by atoms with Gasteiger partial charge in [-0.15, -0.1) is 5.10 Å². The molecule has 0 spiro atoms. The number of hydrogen-bond acceptors (Lipinski definition) is 7. The molecule has 24 heavy (non-hydrogen) atoms. The molecule has 2 aliphatic rings. The van der Waals surface area contributed by atoms with E-state index in [4.69, 9.17) is 0 Å². The molecule has 0 atom stereocenters. The number of thioether (sulfide) groups is 1. The van der Waals surface area contributed by atoms with E-state index < -0.39 is 0 Å². The Morgan fingerprint density at radius 2 is 2.12 bits per heavy atom. The van der Waals surface area contributed by atoms with Crippen LogP contribution in [-0.4, -0.2) is 52.1 Å². The molecule has 0 radical (unpaired) electrons. The molecule has 0 bridgehead atoms. The topological polar surface area (TPSA) is 58.0 Å². The molecule has 0 aromatic carbocycles. The second-order valence-electron chi connectivity index (χ2n) is 6.37. The van der Waals surface area contributed by atoms with Crippen molar-refractivity contribution < 1.29 is 0 Å². The van der Waals surface area contributed by atoms with E-state index in [0.717, 1.165) is 49.7 Å². The minimum atomic E-state index is 0.511. The van der Waals surface area contributed by atoms with Crippen LogP contribution in [0.25, 0.3) is 0 Å². The van der Waals surface area contributed by atoms with Crippen LogP contribution in [0.15, 0.2) is 24.7 Å². The zero-order valence-corrected chi connectivity index (χ0v) is 14.7. The largest absolute Gasteiger partial charge is 0.356 e. The minimum absolute atomic E-state index is 0.511. The summed E-state index contributed by atoms with van der Waals surface area (Å²) in [6, 6.07) is 4.74. The van der Waals surface area contributed by atoms with Crippen LogP contribution in [0.1, 0.15) is 24.1 Å². The lowest BCUT2D eigenvalue weighted by atomic mass is 10.0. The first-order chi connectivity index (χ1) is 11.8. The van der Waals surface area contributed by atoms with E-state index in [0.29, 0.717) is 6.04 Å². The molecular formula is C17H22N6S. The maximum Gasteiger partial charge on any atom is 0.151 e. The molecule has 0 N–H and O–H groups in total. The maximum atomic E-state index is 4.48. The Labute approximate surface area is 146 Å². The minimum Gasteiger partial charge on any atom is -0.356 e. The summed E-state index contributed by atoms with van der Waals surface area (Å²) in [5.41, 5.74) is 2.56. The molecule has 4 heterocycles. The Bertz CT molecular complexity index is 687. The van der Waals surface area contributed by atoms with Gasteiger partial charge >= 0.3 is 0 Å². The summed E-state index contributed by atoms with van der Waals surface area (Å²) in [4.78, 5) is 13.0. The van der Waals surface area contributed by atoms with Crippen molar-refractivity contribution in [2.45, 2.75) is 31.1 Å². The summed E-state index contributed by atoms with van der Waals surface area (Å²) in [7, 11) is 2.12. The van der Waals surface area contributed by atoms with Gasteiger partial charge in [0.25, 0.3) is 0 Å². The van der Waals surface area contributed by atoms with Crippen LogP contribution < -0.4 is 9.80 Å². The van der Waals surface area contributed by atoms with Crippen molar-refractivity contribution in [2.24, 2.45) is 0 Å². The highest BCUT2D eigenvalue weighted by Gasteiger charge is 2.25. The van der Waals surface area contributed by atoms with Crippen molar-refractivity contribution in [1.82, 2.24) is 20.2 Å². The van der Waals surface area contributed by atoms with Crippen molar-refractivity contribution in [3.63, 3.8) is 0 Å². The fourth-order valence-electron chi connectivity index (χ4n) is 3.45. The lowest BCUT2D eigenvalue weighted by molar-refractivity contribution is 0.476. The molecular weight excluding hydrogens is 320 g/mol. The number of nitrogens with zero attached hydrogens (tertiary/aromatic N) is 6. The van der Waals surface area contributed by atoms with Gasteiger partial charge in [0, 0.05) is 44.5 Å². The normalized spacial score (nSPS) is 18.3. The van der Waals surface area contributed by atoms with Gasteiger partial charge in [0.1, 0.15) is 12.1 Å². The quantitative estimate of drug-likeness (QED) is 0.847. The molecule has 0 saturated carbocycles. The predicted octanol–water partition coefficient (Wildman–Crippen LogP) is 2.16. The predicted molar refractivity (Wildman–Crippen MR) is 97.6 cm³/mol. The molecule has 6 nitrogen and oxygen atoms in total. The number of rotatable bonds is 3. The maximum absolute atomic E-state index is 4.48. The van der Waals surface area contributed by atoms with Crippen molar-refractivity contribution in [2.75, 3.05) is 35.7 Å². The standard InChI is InChI=1S/C17H22N6S/c1-22(16-2-6-18-12-19-16)14-3-7-23(8-4-14)17-10-13-11-24-9-5-15(13)20-21-17/h2,6,10,12,14H,3-5,7-9,11H2,1H3. The molecule has 0 unspecified atom stereocenters. The second-order valence-corrected chi connectivity index (χ2v) is 7.48. The zero-order chi connectivity index (χ0) is 16.4. The van der Waals surface area contributed by atoms with Crippen LogP contribution in [-0.2, 0) is 12.2 Å². The Morgan fingerprint density at radius 1 is 1.25 bits per heavy atom. The van der Waals surface area contributed by atoms with Crippen LogP contribution >= 0.6 is 11.8 Å². The molecule has 0 aliphatic carbocycles. The Morgan fingerprint density at radius 3 is 2.92 bits per heavy atom. The van der Waals surface area contributed by atoms with Crippen molar-refractivity contribution in [1.29, 1.82) is 0 Å². The summed E-state index contributed by atoms with van der Waals surface area (Å²) in [6.07, 6.45) is 6.68. The van der Waals surface area contributed by atoms with Crippen molar-refractivity contribution >= 4 is 23.4 Å². The highest BCUT2D eigenvalue weighted by atomic mass is 32.2. The van der Waals surface area contributed by atoms with Crippen molar-refractivity contribution in [3.05, 3.63) is 35.9 Å². The van der Waals surface area contributed by atoms with E-state index in [1.54, 1.807) is 12.5 Å². The van der Waals surface area contributed by atoms with Crippen LogP contribution in [0.2, 0.25) is 0 Å². The molecule has 0 amide bonds. The van der Waals surface area contributed by atoms with Gasteiger partial charge in [-0.25, -0.2) is 9.97 Å². The summed E-state index contributed by atoms with van der Waals surface area (Å²) >= 11 is 1.99. The SMILES string of the molecule is CN(c1ccncn1)C1CCN(c2cc3c(nn2)CCSC3)CC1. The van der Waals surface area contributed by atoms with E-state index in [-0.39, 0.29) is 0 Å². The molecule has 4 rings (SSSR count). The number of hydrogen-bond donors (Lipinski definition) is 0. The molecule has 1 saturated heterocycles. The molecule has 126 valence electrons. The average Bonchev–Trinajstić information content (AvgIpc) is 2.68. The smallest absolute Gasteiger partial charge is 0.151 e. The molecule has 7 heteroatoms. The van der Waals surface area contributed by atoms with E-state index in [1.165, 1.54) is 17.0 Å². The fourth-order valence-corrected chi connectivity index (χ4v) is 4.40. The Kier molecular flexibility index (Phi) is 4.51. The average molecular weight is 342 g/mol. The third kappa shape index (κ3) is 3.17. The van der Waals surface area contributed by atoms with Crippen LogP contribution in [0.3, 0.4) is 0 Å². The van der Waals surface area contributed by atoms with Crippen LogP contribution in [0.5, 0.6) is 0 Å². The van der Waals surface area contributed by atoms with E-state index in [1.807, 2.05) is 17.8 Å².